The predicted molar refractivity (Wildman–Crippen MR) is 126 cm³/mol. The number of nitrogens with zero attached hydrogens (tertiary/aromatic N) is 2. The Hall–Kier alpha value is -3.88. The van der Waals surface area contributed by atoms with Crippen LogP contribution in [0.1, 0.15) is 30.4 Å². The average Bonchev–Trinajstić information content (AvgIpc) is 3.48. The molecule has 1 aliphatic rings. The molecule has 11 heteroatoms. The minimum atomic E-state index is -3.37. The summed E-state index contributed by atoms with van der Waals surface area (Å²) in [7, 11) is -3.37. The monoisotopic (exact) mass is 481 g/mol. The molecule has 10 nitrogen and oxygen atoms in total. The standard InChI is InChI=1S/C23H23N5O5S/c1-34(30,31)28-19-10-2-6-16(14-19)7-4-12-24-23(29)25-18-9-3-8-17(15-18)21-26-22(33-27-21)20-11-5-13-32-20/h2-3,6,8-10,14-15,20,28H,5,11-13H2,1H3,(H2,24,25,29). The molecule has 1 aromatic heterocycles. The molecule has 0 aliphatic carbocycles. The number of anilines is 2. The molecular weight excluding hydrogens is 458 g/mol. The molecule has 0 radical (unpaired) electrons. The third-order valence-corrected chi connectivity index (χ3v) is 5.37. The predicted octanol–water partition coefficient (Wildman–Crippen LogP) is 3.13. The van der Waals surface area contributed by atoms with Crippen molar-refractivity contribution in [2.45, 2.75) is 18.9 Å². The molecule has 0 spiro atoms. The van der Waals surface area contributed by atoms with Crippen molar-refractivity contribution < 1.29 is 22.5 Å². The van der Waals surface area contributed by atoms with Crippen molar-refractivity contribution in [1.29, 1.82) is 0 Å². The van der Waals surface area contributed by atoms with Gasteiger partial charge in [-0.05, 0) is 43.2 Å². The second kappa shape index (κ2) is 10.4. The Balaban J connectivity index is 1.31. The van der Waals surface area contributed by atoms with E-state index in [1.54, 1.807) is 42.5 Å². The number of ether oxygens (including phenoxy) is 1. The lowest BCUT2D eigenvalue weighted by Crippen LogP contribution is -2.28. The lowest BCUT2D eigenvalue weighted by molar-refractivity contribution is 0.0835. The zero-order valence-electron chi connectivity index (χ0n) is 18.4. The maximum absolute atomic E-state index is 12.2. The highest BCUT2D eigenvalue weighted by molar-refractivity contribution is 7.92. The van der Waals surface area contributed by atoms with Gasteiger partial charge in [-0.15, -0.1) is 0 Å². The smallest absolute Gasteiger partial charge is 0.319 e. The number of hydrogen-bond acceptors (Lipinski definition) is 7. The first-order valence-corrected chi connectivity index (χ1v) is 12.4. The van der Waals surface area contributed by atoms with Gasteiger partial charge in [-0.3, -0.25) is 4.72 Å². The molecule has 1 saturated heterocycles. The van der Waals surface area contributed by atoms with E-state index in [4.69, 9.17) is 9.26 Å². The van der Waals surface area contributed by atoms with Crippen LogP contribution in [0.25, 0.3) is 11.4 Å². The quantitative estimate of drug-likeness (QED) is 0.460. The lowest BCUT2D eigenvalue weighted by Gasteiger charge is -2.06. The minimum absolute atomic E-state index is 0.102. The summed E-state index contributed by atoms with van der Waals surface area (Å²) in [6, 6.07) is 13.4. The molecule has 4 rings (SSSR count). The third kappa shape index (κ3) is 6.57. The number of carbonyl (C=O) groups excluding carboxylic acids is 1. The molecule has 3 aromatic rings. The Bertz CT molecular complexity index is 1340. The van der Waals surface area contributed by atoms with Gasteiger partial charge >= 0.3 is 6.03 Å². The number of aromatic nitrogens is 2. The van der Waals surface area contributed by atoms with Crippen molar-refractivity contribution in [1.82, 2.24) is 15.5 Å². The summed E-state index contributed by atoms with van der Waals surface area (Å²) in [6.45, 7) is 0.791. The van der Waals surface area contributed by atoms with Crippen LogP contribution < -0.4 is 15.4 Å². The summed E-state index contributed by atoms with van der Waals surface area (Å²) in [5, 5.41) is 9.41. The van der Waals surface area contributed by atoms with Crippen LogP contribution in [0.5, 0.6) is 0 Å². The van der Waals surface area contributed by atoms with Gasteiger partial charge in [0.15, 0.2) is 0 Å². The van der Waals surface area contributed by atoms with Crippen LogP contribution in [0, 0.1) is 11.8 Å². The van der Waals surface area contributed by atoms with Crippen LogP contribution in [0.4, 0.5) is 16.2 Å². The van der Waals surface area contributed by atoms with Crippen molar-refractivity contribution in [3.8, 4) is 23.2 Å². The molecule has 1 aliphatic heterocycles. The summed E-state index contributed by atoms with van der Waals surface area (Å²) in [6.07, 6.45) is 2.74. The van der Waals surface area contributed by atoms with E-state index < -0.39 is 16.1 Å². The van der Waals surface area contributed by atoms with Crippen LogP contribution in [-0.4, -0.2) is 44.0 Å². The van der Waals surface area contributed by atoms with Crippen LogP contribution >= 0.6 is 0 Å². The number of nitrogens with one attached hydrogen (secondary N) is 3. The highest BCUT2D eigenvalue weighted by Gasteiger charge is 2.24. The molecule has 3 N–H and O–H groups in total. The normalized spacial score (nSPS) is 15.3. The van der Waals surface area contributed by atoms with Gasteiger partial charge in [0.1, 0.15) is 6.10 Å². The molecular formula is C23H23N5O5S. The fraction of sp³-hybridized carbons (Fsp3) is 0.261. The van der Waals surface area contributed by atoms with Crippen molar-refractivity contribution in [2.24, 2.45) is 0 Å². The first kappa shape index (κ1) is 23.3. The van der Waals surface area contributed by atoms with Gasteiger partial charge in [-0.25, -0.2) is 13.2 Å². The Morgan fingerprint density at radius 3 is 2.79 bits per heavy atom. The third-order valence-electron chi connectivity index (χ3n) is 4.76. The fourth-order valence-electron chi connectivity index (χ4n) is 3.31. The number of carbonyl (C=O) groups is 1. The molecule has 2 amide bonds. The van der Waals surface area contributed by atoms with E-state index in [1.807, 2.05) is 6.07 Å². The first-order chi connectivity index (χ1) is 16.4. The van der Waals surface area contributed by atoms with Gasteiger partial charge in [-0.2, -0.15) is 4.98 Å². The molecule has 1 fully saturated rings. The number of sulfonamides is 1. The number of urea groups is 1. The van der Waals surface area contributed by atoms with Gasteiger partial charge in [0.2, 0.25) is 15.8 Å². The second-order valence-corrected chi connectivity index (χ2v) is 9.35. The summed E-state index contributed by atoms with van der Waals surface area (Å²) in [5.41, 5.74) is 2.30. The molecule has 34 heavy (non-hydrogen) atoms. The zero-order valence-corrected chi connectivity index (χ0v) is 19.2. The number of hydrogen-bond donors (Lipinski definition) is 3. The van der Waals surface area contributed by atoms with Gasteiger partial charge in [0, 0.05) is 29.1 Å². The average molecular weight is 482 g/mol. The van der Waals surface area contributed by atoms with Crippen LogP contribution in [0.3, 0.4) is 0 Å². The Morgan fingerprint density at radius 2 is 2.00 bits per heavy atom. The maximum Gasteiger partial charge on any atom is 0.319 e. The number of amides is 2. The van der Waals surface area contributed by atoms with E-state index in [0.717, 1.165) is 19.1 Å². The topological polar surface area (TPSA) is 135 Å². The largest absolute Gasteiger partial charge is 0.368 e. The Kier molecular flexibility index (Phi) is 7.10. The molecule has 0 saturated carbocycles. The van der Waals surface area contributed by atoms with Crippen LogP contribution in [0.2, 0.25) is 0 Å². The zero-order chi connectivity index (χ0) is 24.0. The van der Waals surface area contributed by atoms with Crippen molar-refractivity contribution in [3.63, 3.8) is 0 Å². The van der Waals surface area contributed by atoms with Crippen LogP contribution in [0.15, 0.2) is 53.1 Å². The Morgan fingerprint density at radius 1 is 1.18 bits per heavy atom. The fourth-order valence-corrected chi connectivity index (χ4v) is 3.87. The molecule has 176 valence electrons. The Labute approximate surface area is 197 Å². The number of benzene rings is 2. The molecule has 1 atom stereocenters. The van der Waals surface area contributed by atoms with E-state index >= 15 is 0 Å². The van der Waals surface area contributed by atoms with E-state index in [9.17, 15) is 13.2 Å². The van der Waals surface area contributed by atoms with E-state index in [2.05, 4.69) is 37.3 Å². The summed E-state index contributed by atoms with van der Waals surface area (Å²) >= 11 is 0. The summed E-state index contributed by atoms with van der Waals surface area (Å²) in [4.78, 5) is 16.6. The number of rotatable bonds is 6. The van der Waals surface area contributed by atoms with Gasteiger partial charge in [0.05, 0.1) is 12.8 Å². The highest BCUT2D eigenvalue weighted by Crippen LogP contribution is 2.29. The molecule has 1 unspecified atom stereocenters. The SMILES string of the molecule is CS(=O)(=O)Nc1cccc(C#CCNC(=O)Nc2cccc(-c3noc(C4CCCO4)n3)c2)c1. The minimum Gasteiger partial charge on any atom is -0.368 e. The van der Waals surface area contributed by atoms with Crippen molar-refractivity contribution >= 4 is 27.4 Å². The highest BCUT2D eigenvalue weighted by atomic mass is 32.2. The van der Waals surface area contributed by atoms with E-state index in [0.29, 0.717) is 40.8 Å². The van der Waals surface area contributed by atoms with Crippen molar-refractivity contribution in [2.75, 3.05) is 29.4 Å². The molecule has 0 bridgehead atoms. The van der Waals surface area contributed by atoms with Crippen molar-refractivity contribution in [3.05, 3.63) is 60.0 Å². The summed E-state index contributed by atoms with van der Waals surface area (Å²) in [5.74, 6) is 6.60. The van der Waals surface area contributed by atoms with E-state index in [1.165, 1.54) is 0 Å². The molecule has 2 heterocycles. The van der Waals surface area contributed by atoms with Gasteiger partial charge in [-0.1, -0.05) is 35.2 Å². The molecule has 2 aromatic carbocycles. The van der Waals surface area contributed by atoms with Crippen LogP contribution in [-0.2, 0) is 14.8 Å². The van der Waals surface area contributed by atoms with Gasteiger partial charge in [0.25, 0.3) is 5.89 Å². The maximum atomic E-state index is 12.2. The lowest BCUT2D eigenvalue weighted by atomic mass is 10.2. The van der Waals surface area contributed by atoms with Gasteiger partial charge < -0.3 is 19.9 Å². The van der Waals surface area contributed by atoms with E-state index in [-0.39, 0.29) is 12.6 Å². The second-order valence-electron chi connectivity index (χ2n) is 7.60. The summed E-state index contributed by atoms with van der Waals surface area (Å²) < 4.78 is 36.0. The first-order valence-electron chi connectivity index (χ1n) is 10.5.